The van der Waals surface area contributed by atoms with E-state index in [1.165, 1.54) is 30.3 Å². The minimum Gasteiger partial charge on any atom is -0.493 e. The smallest absolute Gasteiger partial charge is 0.335 e. The van der Waals surface area contributed by atoms with Gasteiger partial charge in [0.15, 0.2) is 11.5 Å². The van der Waals surface area contributed by atoms with E-state index in [4.69, 9.17) is 26.2 Å². The third-order valence-corrected chi connectivity index (χ3v) is 4.59. The van der Waals surface area contributed by atoms with Crippen molar-refractivity contribution >= 4 is 23.3 Å². The van der Waals surface area contributed by atoms with Gasteiger partial charge in [-0.1, -0.05) is 35.9 Å². The molecule has 0 heterocycles. The molecule has 5 nitrogen and oxygen atoms in total. The average Bonchev–Trinajstić information content (AvgIpc) is 2.72. The zero-order valence-corrected chi connectivity index (χ0v) is 16.4. The lowest BCUT2D eigenvalue weighted by atomic mass is 10.1. The molecular formula is C22H19ClFNO4. The Labute approximate surface area is 172 Å². The van der Waals surface area contributed by atoms with Crippen LogP contribution in [0.1, 0.15) is 21.5 Å². The van der Waals surface area contributed by atoms with Gasteiger partial charge in [-0.3, -0.25) is 0 Å². The zero-order valence-electron chi connectivity index (χ0n) is 15.6. The van der Waals surface area contributed by atoms with Gasteiger partial charge in [-0.25, -0.2) is 9.18 Å². The number of benzene rings is 3. The molecule has 0 saturated heterocycles. The van der Waals surface area contributed by atoms with Crippen molar-refractivity contribution in [2.75, 3.05) is 12.4 Å². The van der Waals surface area contributed by atoms with Gasteiger partial charge >= 0.3 is 5.97 Å². The van der Waals surface area contributed by atoms with Crippen LogP contribution in [0.25, 0.3) is 0 Å². The van der Waals surface area contributed by atoms with Crippen molar-refractivity contribution in [2.24, 2.45) is 0 Å². The Hall–Kier alpha value is -3.25. The Morgan fingerprint density at radius 2 is 1.90 bits per heavy atom. The summed E-state index contributed by atoms with van der Waals surface area (Å²) in [5, 5.41) is 12.7. The summed E-state index contributed by atoms with van der Waals surface area (Å²) in [7, 11) is 1.55. The van der Waals surface area contributed by atoms with Gasteiger partial charge in [-0.2, -0.15) is 0 Å². The van der Waals surface area contributed by atoms with E-state index >= 15 is 0 Å². The number of ether oxygens (including phenoxy) is 2. The Bertz CT molecular complexity index is 1010. The summed E-state index contributed by atoms with van der Waals surface area (Å²) in [4.78, 5) is 11.2. The van der Waals surface area contributed by atoms with E-state index in [-0.39, 0.29) is 18.0 Å². The first-order valence-electron chi connectivity index (χ1n) is 8.77. The molecule has 0 amide bonds. The second-order valence-electron chi connectivity index (χ2n) is 6.22. The molecule has 3 aromatic rings. The molecule has 2 N–H and O–H groups in total. The molecular weight excluding hydrogens is 397 g/mol. The predicted molar refractivity (Wildman–Crippen MR) is 109 cm³/mol. The molecule has 0 radical (unpaired) electrons. The first-order chi connectivity index (χ1) is 14.0. The van der Waals surface area contributed by atoms with Gasteiger partial charge in [-0.05, 0) is 42.0 Å². The van der Waals surface area contributed by atoms with Crippen LogP contribution < -0.4 is 14.8 Å². The summed E-state index contributed by atoms with van der Waals surface area (Å²) in [6.07, 6.45) is 0. The second kappa shape index (κ2) is 9.30. The molecule has 0 bridgehead atoms. The fourth-order valence-corrected chi connectivity index (χ4v) is 2.93. The first kappa shape index (κ1) is 20.5. The van der Waals surface area contributed by atoms with Crippen molar-refractivity contribution in [1.82, 2.24) is 0 Å². The summed E-state index contributed by atoms with van der Waals surface area (Å²) in [5.41, 5.74) is 2.24. The van der Waals surface area contributed by atoms with E-state index < -0.39 is 5.97 Å². The molecule has 0 aliphatic heterocycles. The number of anilines is 1. The van der Waals surface area contributed by atoms with Crippen LogP contribution in [0.2, 0.25) is 5.02 Å². The molecule has 0 spiro atoms. The maximum Gasteiger partial charge on any atom is 0.335 e. The molecule has 29 heavy (non-hydrogen) atoms. The fourth-order valence-electron chi connectivity index (χ4n) is 2.75. The van der Waals surface area contributed by atoms with E-state index in [0.717, 1.165) is 11.1 Å². The summed E-state index contributed by atoms with van der Waals surface area (Å²) in [6.45, 7) is 0.571. The largest absolute Gasteiger partial charge is 0.493 e. The lowest BCUT2D eigenvalue weighted by Gasteiger charge is -2.16. The lowest BCUT2D eigenvalue weighted by Crippen LogP contribution is -2.06. The van der Waals surface area contributed by atoms with Crippen LogP contribution in [-0.2, 0) is 13.2 Å². The van der Waals surface area contributed by atoms with Crippen LogP contribution in [-0.4, -0.2) is 18.2 Å². The molecule has 7 heteroatoms. The maximum absolute atomic E-state index is 13.1. The van der Waals surface area contributed by atoms with E-state index in [2.05, 4.69) is 5.32 Å². The predicted octanol–water partition coefficient (Wildman–Crippen LogP) is 5.38. The zero-order chi connectivity index (χ0) is 20.8. The highest BCUT2D eigenvalue weighted by molar-refractivity contribution is 6.33. The van der Waals surface area contributed by atoms with E-state index in [1.54, 1.807) is 25.3 Å². The summed E-state index contributed by atoms with van der Waals surface area (Å²) >= 11 is 6.18. The Morgan fingerprint density at radius 1 is 1.14 bits per heavy atom. The molecule has 3 rings (SSSR count). The van der Waals surface area contributed by atoms with Crippen LogP contribution in [0.3, 0.4) is 0 Å². The van der Waals surface area contributed by atoms with Crippen LogP contribution >= 0.6 is 11.6 Å². The summed E-state index contributed by atoms with van der Waals surface area (Å²) < 4.78 is 24.4. The topological polar surface area (TPSA) is 67.8 Å². The molecule has 0 aromatic heterocycles. The maximum atomic E-state index is 13.1. The molecule has 0 fully saturated rings. The van der Waals surface area contributed by atoms with Crippen LogP contribution in [0, 0.1) is 5.82 Å². The number of para-hydroxylation sites is 1. The van der Waals surface area contributed by atoms with Crippen molar-refractivity contribution in [3.8, 4) is 11.5 Å². The number of carbonyl (C=O) groups is 1. The molecule has 0 aliphatic carbocycles. The standard InChI is InChI=1S/C22H19ClFNO4/c1-28-20-4-2-3-16(21(20)29-13-14-5-8-17(24)9-6-14)12-25-19-11-15(22(26)27)7-10-18(19)23/h2-11,25H,12-13H2,1H3,(H,26,27). The fraction of sp³-hybridized carbons (Fsp3) is 0.136. The van der Waals surface area contributed by atoms with Crippen molar-refractivity contribution < 1.29 is 23.8 Å². The molecule has 0 saturated carbocycles. The SMILES string of the molecule is COc1cccc(CNc2cc(C(=O)O)ccc2Cl)c1OCc1ccc(F)cc1. The molecule has 3 aromatic carbocycles. The number of aromatic carboxylic acids is 1. The third-order valence-electron chi connectivity index (χ3n) is 4.26. The van der Waals surface area contributed by atoms with E-state index in [9.17, 15) is 9.18 Å². The van der Waals surface area contributed by atoms with Crippen molar-refractivity contribution in [1.29, 1.82) is 0 Å². The van der Waals surface area contributed by atoms with Crippen molar-refractivity contribution in [3.63, 3.8) is 0 Å². The Balaban J connectivity index is 1.79. The number of rotatable bonds is 8. The van der Waals surface area contributed by atoms with E-state index in [1.807, 2.05) is 12.1 Å². The molecule has 150 valence electrons. The van der Waals surface area contributed by atoms with Gasteiger partial charge in [0.1, 0.15) is 12.4 Å². The summed E-state index contributed by atoms with van der Waals surface area (Å²) in [6, 6.07) is 16.0. The number of halogens is 2. The number of hydrogen-bond donors (Lipinski definition) is 2. The van der Waals surface area contributed by atoms with Gasteiger partial charge in [0.05, 0.1) is 23.4 Å². The lowest BCUT2D eigenvalue weighted by molar-refractivity contribution is 0.0697. The highest BCUT2D eigenvalue weighted by Crippen LogP contribution is 2.33. The quantitative estimate of drug-likeness (QED) is 0.517. The summed E-state index contributed by atoms with van der Waals surface area (Å²) in [5.74, 6) is -0.250. The Morgan fingerprint density at radius 3 is 2.59 bits per heavy atom. The highest BCUT2D eigenvalue weighted by atomic mass is 35.5. The van der Waals surface area contributed by atoms with E-state index in [0.29, 0.717) is 28.8 Å². The molecule has 0 aliphatic rings. The Kier molecular flexibility index (Phi) is 6.57. The van der Waals surface area contributed by atoms with Gasteiger partial charge in [0.25, 0.3) is 0 Å². The van der Waals surface area contributed by atoms with Crippen LogP contribution in [0.5, 0.6) is 11.5 Å². The van der Waals surface area contributed by atoms with Crippen molar-refractivity contribution in [2.45, 2.75) is 13.2 Å². The monoisotopic (exact) mass is 415 g/mol. The van der Waals surface area contributed by atoms with Gasteiger partial charge < -0.3 is 19.9 Å². The number of carboxylic acids is 1. The van der Waals surface area contributed by atoms with Crippen LogP contribution in [0.4, 0.5) is 10.1 Å². The number of nitrogens with one attached hydrogen (secondary N) is 1. The van der Waals surface area contributed by atoms with Gasteiger partial charge in [0, 0.05) is 12.1 Å². The molecule has 0 atom stereocenters. The number of hydrogen-bond acceptors (Lipinski definition) is 4. The highest BCUT2D eigenvalue weighted by Gasteiger charge is 2.13. The normalized spacial score (nSPS) is 10.4. The van der Waals surface area contributed by atoms with Gasteiger partial charge in [0.2, 0.25) is 0 Å². The second-order valence-corrected chi connectivity index (χ2v) is 6.62. The minimum absolute atomic E-state index is 0.135. The first-order valence-corrected chi connectivity index (χ1v) is 9.15. The van der Waals surface area contributed by atoms with Crippen LogP contribution in [0.15, 0.2) is 60.7 Å². The minimum atomic E-state index is -1.03. The van der Waals surface area contributed by atoms with Gasteiger partial charge in [-0.15, -0.1) is 0 Å². The molecule has 0 unspecified atom stereocenters. The number of methoxy groups -OCH3 is 1. The average molecular weight is 416 g/mol. The van der Waals surface area contributed by atoms with Crippen molar-refractivity contribution in [3.05, 3.63) is 88.2 Å². The number of carboxylic acid groups (broad SMARTS) is 1. The third kappa shape index (κ3) is 5.18.